The van der Waals surface area contributed by atoms with Crippen LogP contribution in [0.25, 0.3) is 0 Å². The average Bonchev–Trinajstić information content (AvgIpc) is 2.28. The van der Waals surface area contributed by atoms with E-state index in [1.54, 1.807) is 0 Å². The summed E-state index contributed by atoms with van der Waals surface area (Å²) in [5.41, 5.74) is 0. The van der Waals surface area contributed by atoms with Crippen LogP contribution in [0.3, 0.4) is 0 Å². The lowest BCUT2D eigenvalue weighted by Gasteiger charge is -2.11. The molecule has 0 aliphatic carbocycles. The molecule has 1 aromatic rings. The average molecular weight is 276 g/mol. The first-order valence-electron chi connectivity index (χ1n) is 5.35. The monoisotopic (exact) mass is 276 g/mol. The van der Waals surface area contributed by atoms with Crippen molar-refractivity contribution >= 4 is 10.0 Å². The first kappa shape index (κ1) is 14.9. The number of hydrogen-bond acceptors (Lipinski definition) is 4. The third-order valence-corrected chi connectivity index (χ3v) is 3.74. The molecular weight excluding hydrogens is 259 g/mol. The van der Waals surface area contributed by atoms with Crippen molar-refractivity contribution in [3.63, 3.8) is 0 Å². The van der Waals surface area contributed by atoms with Crippen LogP contribution >= 0.6 is 0 Å². The maximum absolute atomic E-state index is 13.4. The van der Waals surface area contributed by atoms with Crippen LogP contribution in [0.1, 0.15) is 0 Å². The van der Waals surface area contributed by atoms with E-state index in [9.17, 15) is 12.8 Å². The van der Waals surface area contributed by atoms with Gasteiger partial charge in [0.05, 0.1) is 12.0 Å². The van der Waals surface area contributed by atoms with Crippen LogP contribution in [0.4, 0.5) is 4.39 Å². The lowest BCUT2D eigenvalue weighted by Crippen LogP contribution is -2.31. The topological polar surface area (TPSA) is 58.6 Å². The number of methoxy groups -OCH3 is 1. The molecule has 0 atom stereocenters. The second-order valence-electron chi connectivity index (χ2n) is 4.00. The van der Waals surface area contributed by atoms with Crippen LogP contribution in [-0.2, 0) is 10.0 Å². The van der Waals surface area contributed by atoms with E-state index < -0.39 is 15.8 Å². The first-order chi connectivity index (χ1) is 8.36. The van der Waals surface area contributed by atoms with Gasteiger partial charge in [-0.15, -0.1) is 0 Å². The number of halogens is 1. The van der Waals surface area contributed by atoms with E-state index in [-0.39, 0.29) is 17.2 Å². The number of nitrogens with zero attached hydrogens (tertiary/aromatic N) is 1. The fraction of sp³-hybridized carbons (Fsp3) is 0.455. The standard InChI is InChI=1S/C11H17FN2O3S/c1-14(2)7-6-13-18(15,16)9-4-5-11(17-3)10(12)8-9/h4-5,8,13H,6-7H2,1-3H3. The van der Waals surface area contributed by atoms with Gasteiger partial charge in [0, 0.05) is 13.1 Å². The summed E-state index contributed by atoms with van der Waals surface area (Å²) in [6.07, 6.45) is 0. The smallest absolute Gasteiger partial charge is 0.240 e. The molecule has 0 aromatic heterocycles. The van der Waals surface area contributed by atoms with Crippen molar-refractivity contribution < 1.29 is 17.5 Å². The van der Waals surface area contributed by atoms with Crippen LogP contribution in [0.15, 0.2) is 23.1 Å². The molecule has 7 heteroatoms. The molecule has 0 saturated carbocycles. The predicted molar refractivity (Wildman–Crippen MR) is 66.7 cm³/mol. The minimum atomic E-state index is -3.68. The molecule has 0 amide bonds. The van der Waals surface area contributed by atoms with Crippen LogP contribution in [0.5, 0.6) is 5.75 Å². The van der Waals surface area contributed by atoms with Gasteiger partial charge in [-0.3, -0.25) is 0 Å². The van der Waals surface area contributed by atoms with Crippen LogP contribution in [-0.4, -0.2) is 47.6 Å². The molecule has 0 unspecified atom stereocenters. The van der Waals surface area contributed by atoms with E-state index in [1.165, 1.54) is 19.2 Å². The summed E-state index contributed by atoms with van der Waals surface area (Å²) in [6, 6.07) is 3.53. The van der Waals surface area contributed by atoms with E-state index in [2.05, 4.69) is 4.72 Å². The van der Waals surface area contributed by atoms with Crippen LogP contribution in [0, 0.1) is 5.82 Å². The van der Waals surface area contributed by atoms with Gasteiger partial charge in [0.1, 0.15) is 0 Å². The highest BCUT2D eigenvalue weighted by molar-refractivity contribution is 7.89. The van der Waals surface area contributed by atoms with Crippen LogP contribution < -0.4 is 9.46 Å². The van der Waals surface area contributed by atoms with E-state index in [0.29, 0.717) is 6.54 Å². The minimum absolute atomic E-state index is 0.0160. The zero-order valence-electron chi connectivity index (χ0n) is 10.6. The van der Waals surface area contributed by atoms with Crippen molar-refractivity contribution in [2.75, 3.05) is 34.3 Å². The van der Waals surface area contributed by atoms with Crippen molar-refractivity contribution in [3.8, 4) is 5.75 Å². The number of likely N-dealkylation sites (N-methyl/N-ethyl adjacent to an activating group) is 1. The van der Waals surface area contributed by atoms with E-state index >= 15 is 0 Å². The summed E-state index contributed by atoms with van der Waals surface area (Å²) in [6.45, 7) is 0.834. The lowest BCUT2D eigenvalue weighted by molar-refractivity contribution is 0.385. The van der Waals surface area contributed by atoms with Gasteiger partial charge >= 0.3 is 0 Å². The van der Waals surface area contributed by atoms with Crippen molar-refractivity contribution in [2.45, 2.75) is 4.90 Å². The molecule has 1 N–H and O–H groups in total. The fourth-order valence-corrected chi connectivity index (χ4v) is 2.33. The Morgan fingerprint density at radius 1 is 1.39 bits per heavy atom. The van der Waals surface area contributed by atoms with Gasteiger partial charge in [-0.1, -0.05) is 0 Å². The largest absolute Gasteiger partial charge is 0.494 e. The number of benzene rings is 1. The molecular formula is C11H17FN2O3S. The maximum atomic E-state index is 13.4. The molecule has 0 radical (unpaired) electrons. The van der Waals surface area contributed by atoms with Gasteiger partial charge in [0.2, 0.25) is 10.0 Å². The Morgan fingerprint density at radius 2 is 2.06 bits per heavy atom. The molecule has 18 heavy (non-hydrogen) atoms. The highest BCUT2D eigenvalue weighted by Gasteiger charge is 2.16. The second kappa shape index (κ2) is 6.12. The Hall–Kier alpha value is -1.18. The summed E-state index contributed by atoms with van der Waals surface area (Å²) in [5.74, 6) is -0.685. The van der Waals surface area contributed by atoms with Gasteiger partial charge in [0.15, 0.2) is 11.6 Å². The van der Waals surface area contributed by atoms with Gasteiger partial charge in [-0.25, -0.2) is 17.5 Å². The molecule has 0 fully saturated rings. The van der Waals surface area contributed by atoms with Crippen molar-refractivity contribution in [1.82, 2.24) is 9.62 Å². The zero-order chi connectivity index (χ0) is 13.8. The number of rotatable bonds is 6. The molecule has 0 aliphatic heterocycles. The molecule has 0 heterocycles. The predicted octanol–water partition coefficient (Wildman–Crippen LogP) is 0.674. The fourth-order valence-electron chi connectivity index (χ4n) is 1.30. The van der Waals surface area contributed by atoms with Crippen LogP contribution in [0.2, 0.25) is 0 Å². The molecule has 0 saturated heterocycles. The highest BCUT2D eigenvalue weighted by atomic mass is 32.2. The lowest BCUT2D eigenvalue weighted by atomic mass is 10.3. The zero-order valence-corrected chi connectivity index (χ0v) is 11.4. The van der Waals surface area contributed by atoms with Crippen molar-refractivity contribution in [2.24, 2.45) is 0 Å². The van der Waals surface area contributed by atoms with Crippen molar-refractivity contribution in [3.05, 3.63) is 24.0 Å². The summed E-state index contributed by atoms with van der Waals surface area (Å²) >= 11 is 0. The summed E-state index contributed by atoms with van der Waals surface area (Å²) < 4.78 is 44.2. The maximum Gasteiger partial charge on any atom is 0.240 e. The Kier molecular flexibility index (Phi) is 5.06. The van der Waals surface area contributed by atoms with Gasteiger partial charge < -0.3 is 9.64 Å². The molecule has 0 spiro atoms. The summed E-state index contributed by atoms with van der Waals surface area (Å²) in [7, 11) is 1.32. The molecule has 5 nitrogen and oxygen atoms in total. The molecule has 0 bridgehead atoms. The molecule has 1 aromatic carbocycles. The Bertz CT molecular complexity index is 503. The third-order valence-electron chi connectivity index (χ3n) is 2.28. The minimum Gasteiger partial charge on any atom is -0.494 e. The molecule has 0 aliphatic rings. The Labute approximate surface area is 107 Å². The number of nitrogens with one attached hydrogen (secondary N) is 1. The Morgan fingerprint density at radius 3 is 2.56 bits per heavy atom. The van der Waals surface area contributed by atoms with Crippen molar-refractivity contribution in [1.29, 1.82) is 0 Å². The molecule has 102 valence electrons. The van der Waals surface area contributed by atoms with Gasteiger partial charge in [-0.2, -0.15) is 0 Å². The SMILES string of the molecule is COc1ccc(S(=O)(=O)NCCN(C)C)cc1F. The summed E-state index contributed by atoms with van der Waals surface area (Å²) in [5, 5.41) is 0. The second-order valence-corrected chi connectivity index (χ2v) is 5.76. The summed E-state index contributed by atoms with van der Waals surface area (Å²) in [4.78, 5) is 1.73. The quantitative estimate of drug-likeness (QED) is 0.830. The Balaban J connectivity index is 2.82. The number of hydrogen-bond donors (Lipinski definition) is 1. The highest BCUT2D eigenvalue weighted by Crippen LogP contribution is 2.20. The van der Waals surface area contributed by atoms with Gasteiger partial charge in [0.25, 0.3) is 0 Å². The number of ether oxygens (including phenoxy) is 1. The molecule has 1 rings (SSSR count). The van der Waals surface area contributed by atoms with Gasteiger partial charge in [-0.05, 0) is 32.3 Å². The van der Waals surface area contributed by atoms with E-state index in [0.717, 1.165) is 6.07 Å². The normalized spacial score (nSPS) is 11.8. The van der Waals surface area contributed by atoms with E-state index in [4.69, 9.17) is 4.74 Å². The first-order valence-corrected chi connectivity index (χ1v) is 6.83. The third kappa shape index (κ3) is 3.94. The van der Waals surface area contributed by atoms with E-state index in [1.807, 2.05) is 19.0 Å². The number of sulfonamides is 1.